The number of terminal acetylenes is 1. The second kappa shape index (κ2) is 2.70. The summed E-state index contributed by atoms with van der Waals surface area (Å²) >= 11 is 0. The molecule has 54 valence electrons. The van der Waals surface area contributed by atoms with Gasteiger partial charge >= 0.3 is 5.97 Å². The van der Waals surface area contributed by atoms with Gasteiger partial charge in [0.05, 0.1) is 13.1 Å². The van der Waals surface area contributed by atoms with Crippen molar-refractivity contribution in [2.24, 2.45) is 5.92 Å². The van der Waals surface area contributed by atoms with E-state index in [1.165, 1.54) is 0 Å². The fourth-order valence-corrected chi connectivity index (χ4v) is 0.913. The lowest BCUT2D eigenvalue weighted by atomic mass is 10.0. The van der Waals surface area contributed by atoms with E-state index in [1.807, 2.05) is 0 Å². The second-order valence-electron chi connectivity index (χ2n) is 2.20. The van der Waals surface area contributed by atoms with Crippen molar-refractivity contribution in [1.29, 1.82) is 0 Å². The minimum Gasteiger partial charge on any atom is -0.449 e. The van der Waals surface area contributed by atoms with Crippen molar-refractivity contribution >= 4 is 5.97 Å². The van der Waals surface area contributed by atoms with Crippen LogP contribution in [-0.2, 0) is 9.53 Å². The quantitative estimate of drug-likeness (QED) is 0.394. The third-order valence-electron chi connectivity index (χ3n) is 1.48. The number of carbonyl (C=O) groups excluding carboxylic acids is 1. The van der Waals surface area contributed by atoms with Gasteiger partial charge in [-0.3, -0.25) is 9.18 Å². The molecular weight excluding hydrogens is 135 g/mol. The molecule has 1 fully saturated rings. The number of alkyl halides is 1. The van der Waals surface area contributed by atoms with Gasteiger partial charge in [-0.1, -0.05) is 5.92 Å². The van der Waals surface area contributed by atoms with Crippen LogP contribution in [0.5, 0.6) is 0 Å². The first kappa shape index (κ1) is 7.07. The smallest absolute Gasteiger partial charge is 0.307 e. The number of hydrogen-bond acceptors (Lipinski definition) is 2. The summed E-state index contributed by atoms with van der Waals surface area (Å²) in [6.07, 6.45) is 4.44. The van der Waals surface area contributed by atoms with E-state index >= 15 is 0 Å². The Kier molecular flexibility index (Phi) is 1.91. The average molecular weight is 142 g/mol. The molecule has 0 saturated carbocycles. The number of esters is 1. The number of carbonyl (C=O) groups is 1. The first-order valence-corrected chi connectivity index (χ1v) is 2.99. The van der Waals surface area contributed by atoms with Crippen molar-refractivity contribution in [1.82, 2.24) is 0 Å². The molecular formula is C7H7FO2. The van der Waals surface area contributed by atoms with E-state index in [1.54, 1.807) is 0 Å². The first-order chi connectivity index (χ1) is 4.77. The predicted octanol–water partition coefficient (Wildman–Crippen LogP) is 0.521. The molecule has 0 aromatic heterocycles. The van der Waals surface area contributed by atoms with Gasteiger partial charge in [0.1, 0.15) is 0 Å². The maximum Gasteiger partial charge on any atom is 0.307 e. The van der Waals surface area contributed by atoms with Crippen molar-refractivity contribution < 1.29 is 13.9 Å². The van der Waals surface area contributed by atoms with E-state index in [-0.39, 0.29) is 6.42 Å². The van der Waals surface area contributed by atoms with Gasteiger partial charge in [-0.15, -0.1) is 6.42 Å². The number of rotatable bonds is 1. The summed E-state index contributed by atoms with van der Waals surface area (Å²) in [5.41, 5.74) is 0. The van der Waals surface area contributed by atoms with Crippen LogP contribution in [0.1, 0.15) is 6.42 Å². The molecule has 0 aromatic rings. The summed E-state index contributed by atoms with van der Waals surface area (Å²) in [4.78, 5) is 10.5. The third kappa shape index (κ3) is 1.10. The van der Waals surface area contributed by atoms with Crippen molar-refractivity contribution in [3.05, 3.63) is 0 Å². The van der Waals surface area contributed by atoms with Crippen LogP contribution in [-0.4, -0.2) is 18.7 Å². The Morgan fingerprint density at radius 1 is 1.90 bits per heavy atom. The Hall–Kier alpha value is -1.04. The molecule has 1 saturated heterocycles. The molecule has 0 bridgehead atoms. The second-order valence-corrected chi connectivity index (χ2v) is 2.20. The van der Waals surface area contributed by atoms with Crippen molar-refractivity contribution in [2.45, 2.75) is 12.5 Å². The molecule has 0 spiro atoms. The van der Waals surface area contributed by atoms with Crippen LogP contribution in [0.15, 0.2) is 0 Å². The zero-order valence-corrected chi connectivity index (χ0v) is 5.34. The van der Waals surface area contributed by atoms with Crippen molar-refractivity contribution in [3.63, 3.8) is 0 Å². The lowest BCUT2D eigenvalue weighted by Gasteiger charge is -2.05. The molecule has 2 nitrogen and oxygen atoms in total. The van der Waals surface area contributed by atoms with Gasteiger partial charge in [0.2, 0.25) is 0 Å². The van der Waals surface area contributed by atoms with Gasteiger partial charge in [0.25, 0.3) is 0 Å². The summed E-state index contributed by atoms with van der Waals surface area (Å²) in [5.74, 6) is 1.40. The van der Waals surface area contributed by atoms with Crippen LogP contribution < -0.4 is 0 Å². The maximum absolute atomic E-state index is 12.0. The number of cyclic esters (lactones) is 1. The fourth-order valence-electron chi connectivity index (χ4n) is 0.913. The summed E-state index contributed by atoms with van der Waals surface area (Å²) in [5, 5.41) is 0. The van der Waals surface area contributed by atoms with E-state index in [4.69, 9.17) is 6.42 Å². The molecule has 2 atom stereocenters. The molecule has 1 rings (SSSR count). The van der Waals surface area contributed by atoms with Crippen molar-refractivity contribution in [3.8, 4) is 12.3 Å². The first-order valence-electron chi connectivity index (χ1n) is 2.99. The van der Waals surface area contributed by atoms with Gasteiger partial charge in [0.15, 0.2) is 6.10 Å². The van der Waals surface area contributed by atoms with Crippen LogP contribution in [0.25, 0.3) is 0 Å². The molecule has 0 aliphatic carbocycles. The number of halogens is 1. The largest absolute Gasteiger partial charge is 0.449 e. The van der Waals surface area contributed by atoms with Crippen molar-refractivity contribution in [2.75, 3.05) is 6.67 Å². The van der Waals surface area contributed by atoms with Gasteiger partial charge in [-0.2, -0.15) is 0 Å². The highest BCUT2D eigenvalue weighted by Crippen LogP contribution is 2.21. The molecule has 0 N–H and O–H groups in total. The summed E-state index contributed by atoms with van der Waals surface area (Å²) < 4.78 is 16.6. The maximum atomic E-state index is 12.0. The minimum atomic E-state index is -0.641. The molecule has 0 amide bonds. The van der Waals surface area contributed by atoms with Crippen LogP contribution >= 0.6 is 0 Å². The molecule has 0 aromatic carbocycles. The van der Waals surface area contributed by atoms with E-state index in [9.17, 15) is 9.18 Å². The third-order valence-corrected chi connectivity index (χ3v) is 1.48. The molecule has 10 heavy (non-hydrogen) atoms. The summed E-state index contributed by atoms with van der Waals surface area (Å²) in [6, 6.07) is 0. The van der Waals surface area contributed by atoms with E-state index in [0.29, 0.717) is 0 Å². The zero-order valence-electron chi connectivity index (χ0n) is 5.34. The lowest BCUT2D eigenvalue weighted by Crippen LogP contribution is -2.14. The van der Waals surface area contributed by atoms with Crippen LogP contribution in [0.2, 0.25) is 0 Å². The Morgan fingerprint density at radius 2 is 2.60 bits per heavy atom. The number of ether oxygens (including phenoxy) is 1. The molecule has 1 aliphatic heterocycles. The normalized spacial score (nSPS) is 31.4. The van der Waals surface area contributed by atoms with Crippen LogP contribution in [0.4, 0.5) is 4.39 Å². The standard InChI is InChI=1S/C7H7FO2/c1-2-6-5(4-8)3-7(9)10-6/h1,5-6H,3-4H2. The Balaban J connectivity index is 2.59. The summed E-state index contributed by atoms with van der Waals surface area (Å²) in [6.45, 7) is -0.583. The molecule has 2 unspecified atom stereocenters. The number of hydrogen-bond donors (Lipinski definition) is 0. The molecule has 1 heterocycles. The Morgan fingerprint density at radius 3 is 3.00 bits per heavy atom. The average Bonchev–Trinajstić information content (AvgIpc) is 2.30. The SMILES string of the molecule is C#CC1OC(=O)CC1CF. The monoisotopic (exact) mass is 142 g/mol. The highest BCUT2D eigenvalue weighted by atomic mass is 19.1. The lowest BCUT2D eigenvalue weighted by molar-refractivity contribution is -0.139. The molecule has 3 heteroatoms. The fraction of sp³-hybridized carbons (Fsp3) is 0.571. The van der Waals surface area contributed by atoms with E-state index in [0.717, 1.165) is 0 Å². The van der Waals surface area contributed by atoms with Gasteiger partial charge in [-0.25, -0.2) is 0 Å². The highest BCUT2D eigenvalue weighted by molar-refractivity contribution is 5.72. The van der Waals surface area contributed by atoms with Gasteiger partial charge in [0, 0.05) is 5.92 Å². The minimum absolute atomic E-state index is 0.116. The van der Waals surface area contributed by atoms with Gasteiger partial charge in [-0.05, 0) is 0 Å². The summed E-state index contributed by atoms with van der Waals surface area (Å²) in [7, 11) is 0. The predicted molar refractivity (Wildman–Crippen MR) is 32.8 cm³/mol. The van der Waals surface area contributed by atoms with Gasteiger partial charge < -0.3 is 4.74 Å². The van der Waals surface area contributed by atoms with Crippen LogP contribution in [0.3, 0.4) is 0 Å². The Labute approximate surface area is 58.4 Å². The highest BCUT2D eigenvalue weighted by Gasteiger charge is 2.33. The van der Waals surface area contributed by atoms with E-state index < -0.39 is 24.7 Å². The molecule has 0 radical (unpaired) electrons. The zero-order chi connectivity index (χ0) is 7.56. The van der Waals surface area contributed by atoms with E-state index in [2.05, 4.69) is 10.7 Å². The molecule has 1 aliphatic rings. The Bertz CT molecular complexity index is 183. The van der Waals surface area contributed by atoms with Crippen LogP contribution in [0, 0.1) is 18.3 Å². The topological polar surface area (TPSA) is 26.3 Å².